The first-order chi connectivity index (χ1) is 12.0. The van der Waals surface area contributed by atoms with Crippen LogP contribution in [-0.4, -0.2) is 15.0 Å². The molecule has 128 valence electrons. The van der Waals surface area contributed by atoms with E-state index in [1.807, 2.05) is 12.1 Å². The van der Waals surface area contributed by atoms with Crippen LogP contribution < -0.4 is 10.6 Å². The lowest BCUT2D eigenvalue weighted by Crippen LogP contribution is -2.06. The second-order valence-electron chi connectivity index (χ2n) is 5.24. The molecule has 3 rings (SSSR count). The minimum absolute atomic E-state index is 0.211. The minimum atomic E-state index is -1.54. The molecule has 0 unspecified atom stereocenters. The number of nitrogens with one attached hydrogen (secondary N) is 2. The molecule has 0 aliphatic heterocycles. The Labute approximate surface area is 142 Å². The summed E-state index contributed by atoms with van der Waals surface area (Å²) in [4.78, 5) is 12.3. The molecule has 0 bridgehead atoms. The third kappa shape index (κ3) is 4.03. The second kappa shape index (κ2) is 7.16. The monoisotopic (exact) mass is 345 g/mol. The van der Waals surface area contributed by atoms with Crippen molar-refractivity contribution in [1.29, 1.82) is 0 Å². The van der Waals surface area contributed by atoms with Gasteiger partial charge in [0.05, 0.1) is 5.69 Å². The van der Waals surface area contributed by atoms with Crippen molar-refractivity contribution in [3.8, 4) is 0 Å². The number of hydrogen-bond acceptors (Lipinski definition) is 5. The van der Waals surface area contributed by atoms with E-state index in [1.54, 1.807) is 25.4 Å². The van der Waals surface area contributed by atoms with Crippen molar-refractivity contribution in [1.82, 2.24) is 15.0 Å². The molecular formula is C17H14F3N5. The van der Waals surface area contributed by atoms with Gasteiger partial charge < -0.3 is 10.6 Å². The zero-order valence-electron chi connectivity index (χ0n) is 13.2. The Balaban J connectivity index is 1.79. The van der Waals surface area contributed by atoms with Crippen LogP contribution in [-0.2, 0) is 6.54 Å². The number of hydrogen-bond donors (Lipinski definition) is 2. The predicted molar refractivity (Wildman–Crippen MR) is 87.9 cm³/mol. The van der Waals surface area contributed by atoms with Crippen LogP contribution in [0.5, 0.6) is 0 Å². The van der Waals surface area contributed by atoms with E-state index >= 15 is 0 Å². The fourth-order valence-electron chi connectivity index (χ4n) is 2.18. The van der Waals surface area contributed by atoms with Gasteiger partial charge in [-0.2, -0.15) is 0 Å². The Hall–Kier alpha value is -3.16. The van der Waals surface area contributed by atoms with Crippen molar-refractivity contribution in [3.05, 3.63) is 71.6 Å². The largest absolute Gasteiger partial charge is 0.366 e. The normalized spacial score (nSPS) is 10.6. The molecule has 3 aromatic rings. The van der Waals surface area contributed by atoms with Crippen LogP contribution in [0, 0.1) is 24.4 Å². The highest BCUT2D eigenvalue weighted by Gasteiger charge is 2.14. The number of pyridine rings is 1. The first-order valence-corrected chi connectivity index (χ1v) is 7.42. The van der Waals surface area contributed by atoms with E-state index in [0.717, 1.165) is 17.7 Å². The molecule has 0 aliphatic rings. The highest BCUT2D eigenvalue weighted by Crippen LogP contribution is 2.23. The Morgan fingerprint density at radius 3 is 2.40 bits per heavy atom. The van der Waals surface area contributed by atoms with E-state index in [9.17, 15) is 13.2 Å². The lowest BCUT2D eigenvalue weighted by molar-refractivity contribution is 0.449. The quantitative estimate of drug-likeness (QED) is 0.686. The number of aryl methyl sites for hydroxylation is 1. The van der Waals surface area contributed by atoms with E-state index in [2.05, 4.69) is 25.6 Å². The summed E-state index contributed by atoms with van der Waals surface area (Å²) in [5.74, 6) is -2.88. The van der Waals surface area contributed by atoms with E-state index in [4.69, 9.17) is 0 Å². The zero-order valence-corrected chi connectivity index (χ0v) is 13.2. The minimum Gasteiger partial charge on any atom is -0.366 e. The van der Waals surface area contributed by atoms with Crippen LogP contribution in [0.3, 0.4) is 0 Å². The van der Waals surface area contributed by atoms with Crippen molar-refractivity contribution >= 4 is 17.3 Å². The van der Waals surface area contributed by atoms with Gasteiger partial charge in [0.15, 0.2) is 17.5 Å². The summed E-state index contributed by atoms with van der Waals surface area (Å²) >= 11 is 0. The van der Waals surface area contributed by atoms with Crippen LogP contribution in [0.2, 0.25) is 0 Å². The zero-order chi connectivity index (χ0) is 17.8. The molecule has 0 amide bonds. The Kier molecular flexibility index (Phi) is 4.78. The lowest BCUT2D eigenvalue weighted by atomic mass is 10.2. The van der Waals surface area contributed by atoms with Crippen molar-refractivity contribution in [3.63, 3.8) is 0 Å². The van der Waals surface area contributed by atoms with Gasteiger partial charge in [-0.15, -0.1) is 0 Å². The Morgan fingerprint density at radius 1 is 0.920 bits per heavy atom. The molecule has 2 heterocycles. The molecule has 0 spiro atoms. The van der Waals surface area contributed by atoms with Crippen molar-refractivity contribution in [2.75, 3.05) is 10.6 Å². The Bertz CT molecular complexity index is 887. The van der Waals surface area contributed by atoms with Crippen LogP contribution in [0.1, 0.15) is 11.4 Å². The third-order valence-corrected chi connectivity index (χ3v) is 3.36. The summed E-state index contributed by atoms with van der Waals surface area (Å²) in [6, 6.07) is 7.22. The second-order valence-corrected chi connectivity index (χ2v) is 5.24. The third-order valence-electron chi connectivity index (χ3n) is 3.36. The molecular weight excluding hydrogens is 331 g/mol. The maximum absolute atomic E-state index is 13.8. The molecule has 0 fully saturated rings. The van der Waals surface area contributed by atoms with Gasteiger partial charge in [0.1, 0.15) is 17.5 Å². The summed E-state index contributed by atoms with van der Waals surface area (Å²) < 4.78 is 40.1. The molecule has 8 heteroatoms. The summed E-state index contributed by atoms with van der Waals surface area (Å²) in [7, 11) is 0. The van der Waals surface area contributed by atoms with Gasteiger partial charge in [-0.3, -0.25) is 4.98 Å². The number of anilines is 3. The summed E-state index contributed by atoms with van der Waals surface area (Å²) in [6.45, 7) is 2.18. The fraction of sp³-hybridized carbons (Fsp3) is 0.118. The lowest BCUT2D eigenvalue weighted by Gasteiger charge is -2.11. The van der Waals surface area contributed by atoms with Gasteiger partial charge in [0.25, 0.3) is 0 Å². The molecule has 0 saturated heterocycles. The highest BCUT2D eigenvalue weighted by atomic mass is 19.2. The van der Waals surface area contributed by atoms with Crippen LogP contribution in [0.15, 0.2) is 42.7 Å². The standard InChI is InChI=1S/C17H14F3N5/c1-10-23-14(22-9-11-4-6-21-7-5-11)8-15(24-10)25-13-3-2-12(18)16(19)17(13)20/h2-8H,9H2,1H3,(H2,22,23,24,25). The topological polar surface area (TPSA) is 62.7 Å². The van der Waals surface area contributed by atoms with Gasteiger partial charge >= 0.3 is 0 Å². The number of rotatable bonds is 5. The summed E-state index contributed by atoms with van der Waals surface area (Å²) in [5.41, 5.74) is 0.796. The van der Waals surface area contributed by atoms with Crippen LogP contribution >= 0.6 is 0 Å². The molecule has 5 nitrogen and oxygen atoms in total. The van der Waals surface area contributed by atoms with Crippen LogP contribution in [0.25, 0.3) is 0 Å². The SMILES string of the molecule is Cc1nc(NCc2ccncc2)cc(Nc2ccc(F)c(F)c2F)n1. The van der Waals surface area contributed by atoms with Crippen molar-refractivity contribution in [2.24, 2.45) is 0 Å². The van der Waals surface area contributed by atoms with Crippen LogP contribution in [0.4, 0.5) is 30.5 Å². The molecule has 0 atom stereocenters. The summed E-state index contributed by atoms with van der Waals surface area (Å²) in [5, 5.41) is 5.75. The molecule has 2 N–H and O–H groups in total. The molecule has 0 saturated carbocycles. The number of halogens is 3. The molecule has 1 aromatic carbocycles. The number of aromatic nitrogens is 3. The molecule has 25 heavy (non-hydrogen) atoms. The summed E-state index contributed by atoms with van der Waals surface area (Å²) in [6.07, 6.45) is 3.36. The van der Waals surface area contributed by atoms with Gasteiger partial charge in [0.2, 0.25) is 0 Å². The maximum atomic E-state index is 13.8. The smallest absolute Gasteiger partial charge is 0.196 e. The fourth-order valence-corrected chi connectivity index (χ4v) is 2.18. The van der Waals surface area contributed by atoms with Crippen molar-refractivity contribution < 1.29 is 13.2 Å². The number of nitrogens with zero attached hydrogens (tertiary/aromatic N) is 3. The first kappa shape index (κ1) is 16.7. The maximum Gasteiger partial charge on any atom is 0.196 e. The van der Waals surface area contributed by atoms with Gasteiger partial charge in [-0.25, -0.2) is 23.1 Å². The average molecular weight is 345 g/mol. The molecule has 2 aromatic heterocycles. The van der Waals surface area contributed by atoms with Gasteiger partial charge in [0, 0.05) is 25.0 Å². The van der Waals surface area contributed by atoms with E-state index in [1.165, 1.54) is 0 Å². The Morgan fingerprint density at radius 2 is 1.64 bits per heavy atom. The average Bonchev–Trinajstić information content (AvgIpc) is 2.61. The van der Waals surface area contributed by atoms with Crippen molar-refractivity contribution in [2.45, 2.75) is 13.5 Å². The van der Waals surface area contributed by atoms with Gasteiger partial charge in [-0.1, -0.05) is 0 Å². The van der Waals surface area contributed by atoms with E-state index in [-0.39, 0.29) is 11.5 Å². The van der Waals surface area contributed by atoms with Gasteiger partial charge in [-0.05, 0) is 36.8 Å². The predicted octanol–water partition coefficient (Wildman–Crippen LogP) is 3.95. The van der Waals surface area contributed by atoms with E-state index in [0.29, 0.717) is 18.2 Å². The first-order valence-electron chi connectivity index (χ1n) is 7.42. The van der Waals surface area contributed by atoms with E-state index < -0.39 is 17.5 Å². The molecule has 0 radical (unpaired) electrons. The number of benzene rings is 1. The molecule has 0 aliphatic carbocycles. The highest BCUT2D eigenvalue weighted by molar-refractivity contribution is 5.60.